The SMILES string of the molecule is O=C(Nc1c(Cl)cc(F)cc1Br)c1ccc(Cl)cc1O. The Balaban J connectivity index is 2.33. The number of anilines is 1. The van der Waals surface area contributed by atoms with Crippen molar-refractivity contribution < 1.29 is 14.3 Å². The third-order valence-electron chi connectivity index (χ3n) is 2.45. The number of carbonyl (C=O) groups is 1. The molecule has 0 aliphatic rings. The largest absolute Gasteiger partial charge is 0.507 e. The average Bonchev–Trinajstić information content (AvgIpc) is 2.33. The Morgan fingerprint density at radius 2 is 1.95 bits per heavy atom. The van der Waals surface area contributed by atoms with Crippen molar-refractivity contribution in [2.45, 2.75) is 0 Å². The number of phenols is 1. The molecule has 0 bridgehead atoms. The van der Waals surface area contributed by atoms with Crippen LogP contribution in [0.25, 0.3) is 0 Å². The van der Waals surface area contributed by atoms with Gasteiger partial charge in [0.05, 0.1) is 16.3 Å². The van der Waals surface area contributed by atoms with E-state index < -0.39 is 11.7 Å². The second-order valence-corrected chi connectivity index (χ2v) is 5.56. The Morgan fingerprint density at radius 3 is 2.55 bits per heavy atom. The van der Waals surface area contributed by atoms with Crippen LogP contribution in [-0.4, -0.2) is 11.0 Å². The van der Waals surface area contributed by atoms with Crippen LogP contribution in [0.4, 0.5) is 10.1 Å². The summed E-state index contributed by atoms with van der Waals surface area (Å²) in [6.07, 6.45) is 0. The predicted octanol–water partition coefficient (Wildman–Crippen LogP) is 4.85. The molecule has 2 N–H and O–H groups in total. The highest BCUT2D eigenvalue weighted by molar-refractivity contribution is 9.10. The number of rotatable bonds is 2. The van der Waals surface area contributed by atoms with Gasteiger partial charge in [-0.05, 0) is 46.3 Å². The van der Waals surface area contributed by atoms with Crippen LogP contribution in [0.2, 0.25) is 10.0 Å². The van der Waals surface area contributed by atoms with Crippen molar-refractivity contribution in [3.05, 3.63) is 56.2 Å². The molecule has 0 aromatic heterocycles. The maximum absolute atomic E-state index is 13.1. The Hall–Kier alpha value is -1.30. The molecule has 0 saturated carbocycles. The summed E-state index contributed by atoms with van der Waals surface area (Å²) in [7, 11) is 0. The lowest BCUT2D eigenvalue weighted by Crippen LogP contribution is -2.13. The van der Waals surface area contributed by atoms with Crippen LogP contribution < -0.4 is 5.32 Å². The van der Waals surface area contributed by atoms with Crippen LogP contribution >= 0.6 is 39.1 Å². The first-order valence-corrected chi connectivity index (χ1v) is 6.88. The van der Waals surface area contributed by atoms with E-state index in [2.05, 4.69) is 21.2 Å². The van der Waals surface area contributed by atoms with Crippen molar-refractivity contribution in [3.8, 4) is 5.75 Å². The molecule has 0 aliphatic carbocycles. The minimum atomic E-state index is -0.589. The van der Waals surface area contributed by atoms with Gasteiger partial charge < -0.3 is 10.4 Å². The molecule has 0 atom stereocenters. The lowest BCUT2D eigenvalue weighted by Gasteiger charge is -2.10. The number of phenolic OH excluding ortho intramolecular Hbond substituents is 1. The first-order chi connectivity index (χ1) is 9.38. The van der Waals surface area contributed by atoms with Gasteiger partial charge in [-0.3, -0.25) is 4.79 Å². The van der Waals surface area contributed by atoms with Gasteiger partial charge in [0.25, 0.3) is 5.91 Å². The molecular formula is C13H7BrCl2FNO2. The van der Waals surface area contributed by atoms with Gasteiger partial charge in [0.15, 0.2) is 0 Å². The second-order valence-electron chi connectivity index (χ2n) is 3.86. The van der Waals surface area contributed by atoms with E-state index in [4.69, 9.17) is 23.2 Å². The highest BCUT2D eigenvalue weighted by Gasteiger charge is 2.15. The third-order valence-corrected chi connectivity index (χ3v) is 3.61. The molecule has 0 unspecified atom stereocenters. The predicted molar refractivity (Wildman–Crippen MR) is 80.2 cm³/mol. The van der Waals surface area contributed by atoms with Crippen molar-refractivity contribution in [1.29, 1.82) is 0 Å². The fourth-order valence-corrected chi connectivity index (χ4v) is 2.60. The molecule has 1 amide bonds. The number of amides is 1. The summed E-state index contributed by atoms with van der Waals surface area (Å²) in [6.45, 7) is 0. The van der Waals surface area contributed by atoms with Crippen molar-refractivity contribution in [1.82, 2.24) is 0 Å². The molecule has 0 spiro atoms. The fraction of sp³-hybridized carbons (Fsp3) is 0. The van der Waals surface area contributed by atoms with Crippen LogP contribution in [0.5, 0.6) is 5.75 Å². The van der Waals surface area contributed by atoms with Crippen molar-refractivity contribution in [3.63, 3.8) is 0 Å². The molecule has 0 heterocycles. The number of hydrogen-bond donors (Lipinski definition) is 2. The maximum atomic E-state index is 13.1. The highest BCUT2D eigenvalue weighted by atomic mass is 79.9. The van der Waals surface area contributed by atoms with E-state index in [9.17, 15) is 14.3 Å². The lowest BCUT2D eigenvalue weighted by molar-refractivity contribution is 0.102. The zero-order chi connectivity index (χ0) is 14.9. The fourth-order valence-electron chi connectivity index (χ4n) is 1.54. The van der Waals surface area contributed by atoms with E-state index in [-0.39, 0.29) is 22.0 Å². The summed E-state index contributed by atoms with van der Waals surface area (Å²) in [6, 6.07) is 6.33. The van der Waals surface area contributed by atoms with Crippen LogP contribution in [0, 0.1) is 5.82 Å². The van der Waals surface area contributed by atoms with Crippen LogP contribution in [0.1, 0.15) is 10.4 Å². The Bertz CT molecular complexity index is 671. The number of halogens is 4. The quantitative estimate of drug-likeness (QED) is 0.784. The number of nitrogens with one attached hydrogen (secondary N) is 1. The molecule has 0 fully saturated rings. The van der Waals surface area contributed by atoms with Crippen LogP contribution in [-0.2, 0) is 0 Å². The summed E-state index contributed by atoms with van der Waals surface area (Å²) in [5.74, 6) is -1.38. The summed E-state index contributed by atoms with van der Waals surface area (Å²) in [5.41, 5.74) is 0.245. The molecule has 20 heavy (non-hydrogen) atoms. The third kappa shape index (κ3) is 3.23. The summed E-state index contributed by atoms with van der Waals surface area (Å²) in [4.78, 5) is 12.0. The van der Waals surface area contributed by atoms with Gasteiger partial charge in [-0.1, -0.05) is 23.2 Å². The van der Waals surface area contributed by atoms with E-state index in [0.717, 1.165) is 6.07 Å². The topological polar surface area (TPSA) is 49.3 Å². The van der Waals surface area contributed by atoms with Crippen molar-refractivity contribution in [2.24, 2.45) is 0 Å². The number of hydrogen-bond acceptors (Lipinski definition) is 2. The summed E-state index contributed by atoms with van der Waals surface area (Å²) < 4.78 is 13.4. The first-order valence-electron chi connectivity index (χ1n) is 5.33. The van der Waals surface area contributed by atoms with E-state index in [0.29, 0.717) is 9.50 Å². The summed E-state index contributed by atoms with van der Waals surface area (Å²) >= 11 is 14.7. The normalized spacial score (nSPS) is 10.4. The number of aromatic hydroxyl groups is 1. The van der Waals surface area contributed by atoms with Gasteiger partial charge in [0, 0.05) is 9.50 Å². The van der Waals surface area contributed by atoms with Crippen LogP contribution in [0.15, 0.2) is 34.8 Å². The van der Waals surface area contributed by atoms with E-state index in [1.54, 1.807) is 0 Å². The molecule has 3 nitrogen and oxygen atoms in total. The van der Waals surface area contributed by atoms with E-state index >= 15 is 0 Å². The Labute approximate surface area is 132 Å². The molecule has 2 aromatic rings. The van der Waals surface area contributed by atoms with Gasteiger partial charge >= 0.3 is 0 Å². The Morgan fingerprint density at radius 1 is 1.25 bits per heavy atom. The highest BCUT2D eigenvalue weighted by Crippen LogP contribution is 2.32. The first kappa shape index (κ1) is 15.1. The number of benzene rings is 2. The van der Waals surface area contributed by atoms with Gasteiger partial charge in [0.1, 0.15) is 11.6 Å². The smallest absolute Gasteiger partial charge is 0.259 e. The zero-order valence-corrected chi connectivity index (χ0v) is 12.9. The lowest BCUT2D eigenvalue weighted by atomic mass is 10.2. The van der Waals surface area contributed by atoms with Gasteiger partial charge in [-0.15, -0.1) is 0 Å². The van der Waals surface area contributed by atoms with Crippen molar-refractivity contribution in [2.75, 3.05) is 5.32 Å². The molecule has 2 aromatic carbocycles. The second kappa shape index (κ2) is 5.99. The molecule has 104 valence electrons. The molecule has 0 aliphatic heterocycles. The minimum absolute atomic E-state index is 0.0293. The van der Waals surface area contributed by atoms with Crippen LogP contribution in [0.3, 0.4) is 0 Å². The van der Waals surface area contributed by atoms with Crippen molar-refractivity contribution >= 4 is 50.7 Å². The standard InChI is InChI=1S/C13H7BrCl2FNO2/c14-9-4-7(17)5-10(16)12(9)18-13(20)8-2-1-6(15)3-11(8)19/h1-5,19H,(H,18,20). The molecular weight excluding hydrogens is 372 g/mol. The van der Waals surface area contributed by atoms with Gasteiger partial charge in [-0.25, -0.2) is 4.39 Å². The summed E-state index contributed by atoms with van der Waals surface area (Å²) in [5, 5.41) is 12.5. The molecule has 0 radical (unpaired) electrons. The van der Waals surface area contributed by atoms with Gasteiger partial charge in [0.2, 0.25) is 0 Å². The Kier molecular flexibility index (Phi) is 4.52. The molecule has 0 saturated heterocycles. The molecule has 2 rings (SSSR count). The maximum Gasteiger partial charge on any atom is 0.259 e. The van der Waals surface area contributed by atoms with E-state index in [1.807, 2.05) is 0 Å². The molecule has 7 heteroatoms. The number of carbonyl (C=O) groups excluding carboxylic acids is 1. The average molecular weight is 379 g/mol. The van der Waals surface area contributed by atoms with Gasteiger partial charge in [-0.2, -0.15) is 0 Å². The monoisotopic (exact) mass is 377 g/mol. The van der Waals surface area contributed by atoms with E-state index in [1.165, 1.54) is 24.3 Å². The zero-order valence-electron chi connectivity index (χ0n) is 9.75. The minimum Gasteiger partial charge on any atom is -0.507 e.